The van der Waals surface area contributed by atoms with Crippen molar-refractivity contribution in [2.24, 2.45) is 5.73 Å². The third-order valence-corrected chi connectivity index (χ3v) is 3.94. The second kappa shape index (κ2) is 4.21. The van der Waals surface area contributed by atoms with E-state index in [0.717, 1.165) is 11.1 Å². The van der Waals surface area contributed by atoms with Gasteiger partial charge in [0.05, 0.1) is 0 Å². The van der Waals surface area contributed by atoms with E-state index < -0.39 is 11.5 Å². The monoisotopic (exact) mass is 253 g/mol. The van der Waals surface area contributed by atoms with E-state index in [-0.39, 0.29) is 11.8 Å². The summed E-state index contributed by atoms with van der Waals surface area (Å²) in [5, 5.41) is 9.45. The molecule has 0 aliphatic heterocycles. The van der Waals surface area contributed by atoms with Crippen LogP contribution in [-0.4, -0.2) is 16.6 Å². The zero-order valence-corrected chi connectivity index (χ0v) is 10.4. The maximum atomic E-state index is 11.5. The molecule has 1 saturated carbocycles. The smallest absolute Gasteiger partial charge is 0.325 e. The Morgan fingerprint density at radius 3 is 1.58 bits per heavy atom. The summed E-state index contributed by atoms with van der Waals surface area (Å²) < 4.78 is 0. The number of aliphatic carboxylic acids is 1. The van der Waals surface area contributed by atoms with Crippen molar-refractivity contribution in [1.29, 1.82) is 0 Å². The topological polar surface area (TPSA) is 63.3 Å². The predicted octanol–water partition coefficient (Wildman–Crippen LogP) is 2.35. The van der Waals surface area contributed by atoms with Crippen LogP contribution in [0.5, 0.6) is 0 Å². The van der Waals surface area contributed by atoms with Gasteiger partial charge in [0, 0.05) is 11.8 Å². The van der Waals surface area contributed by atoms with Crippen molar-refractivity contribution < 1.29 is 9.90 Å². The molecule has 2 unspecified atom stereocenters. The molecule has 3 heteroatoms. The molecular weight excluding hydrogens is 238 g/mol. The minimum Gasteiger partial charge on any atom is -0.480 e. The summed E-state index contributed by atoms with van der Waals surface area (Å²) in [6.45, 7) is 0. The lowest BCUT2D eigenvalue weighted by Gasteiger charge is -2.05. The summed E-state index contributed by atoms with van der Waals surface area (Å²) in [7, 11) is 0. The van der Waals surface area contributed by atoms with Crippen LogP contribution in [0.4, 0.5) is 0 Å². The normalized spacial score (nSPS) is 28.9. The lowest BCUT2D eigenvalue weighted by molar-refractivity contribution is -0.139. The van der Waals surface area contributed by atoms with Gasteiger partial charge in [-0.05, 0) is 11.1 Å². The molecule has 0 spiro atoms. The summed E-state index contributed by atoms with van der Waals surface area (Å²) >= 11 is 0. The summed E-state index contributed by atoms with van der Waals surface area (Å²) in [4.78, 5) is 11.5. The van der Waals surface area contributed by atoms with E-state index in [1.807, 2.05) is 60.7 Å². The van der Waals surface area contributed by atoms with Crippen LogP contribution >= 0.6 is 0 Å². The Morgan fingerprint density at radius 1 is 0.895 bits per heavy atom. The van der Waals surface area contributed by atoms with Gasteiger partial charge >= 0.3 is 5.97 Å². The van der Waals surface area contributed by atoms with Gasteiger partial charge in [-0.2, -0.15) is 0 Å². The highest BCUT2D eigenvalue weighted by molar-refractivity contribution is 5.88. The molecule has 3 N–H and O–H groups in total. The highest BCUT2D eigenvalue weighted by Gasteiger charge is 2.68. The maximum Gasteiger partial charge on any atom is 0.325 e. The van der Waals surface area contributed by atoms with Gasteiger partial charge in [-0.15, -0.1) is 0 Å². The molecule has 0 aromatic heterocycles. The van der Waals surface area contributed by atoms with E-state index in [2.05, 4.69) is 0 Å². The molecule has 1 aliphatic rings. The van der Waals surface area contributed by atoms with Gasteiger partial charge in [-0.1, -0.05) is 60.7 Å². The number of carboxylic acid groups (broad SMARTS) is 1. The van der Waals surface area contributed by atoms with E-state index in [0.29, 0.717) is 0 Å². The molecule has 1 aliphatic carbocycles. The molecule has 2 aromatic rings. The third-order valence-electron chi connectivity index (χ3n) is 3.94. The van der Waals surface area contributed by atoms with Crippen molar-refractivity contribution in [3.63, 3.8) is 0 Å². The van der Waals surface area contributed by atoms with Gasteiger partial charge in [0.1, 0.15) is 5.54 Å². The van der Waals surface area contributed by atoms with Crippen molar-refractivity contribution >= 4 is 5.97 Å². The number of carbonyl (C=O) groups is 1. The molecule has 0 saturated heterocycles. The second-order valence-electron chi connectivity index (χ2n) is 5.01. The first-order valence-electron chi connectivity index (χ1n) is 6.28. The molecule has 2 atom stereocenters. The van der Waals surface area contributed by atoms with E-state index in [4.69, 9.17) is 5.73 Å². The van der Waals surface area contributed by atoms with E-state index in [1.54, 1.807) is 0 Å². The highest BCUT2D eigenvalue weighted by atomic mass is 16.4. The maximum absolute atomic E-state index is 11.5. The fraction of sp³-hybridized carbons (Fsp3) is 0.188. The summed E-state index contributed by atoms with van der Waals surface area (Å²) in [5.74, 6) is -1.25. The second-order valence-corrected chi connectivity index (χ2v) is 5.01. The Kier molecular flexibility index (Phi) is 2.64. The minimum absolute atomic E-state index is 0.159. The zero-order valence-electron chi connectivity index (χ0n) is 10.4. The molecule has 0 heterocycles. The number of carboxylic acids is 1. The molecule has 0 radical (unpaired) electrons. The van der Waals surface area contributed by atoms with Gasteiger partial charge in [0.25, 0.3) is 0 Å². The number of hydrogen-bond acceptors (Lipinski definition) is 2. The molecule has 19 heavy (non-hydrogen) atoms. The van der Waals surface area contributed by atoms with Crippen LogP contribution in [0.1, 0.15) is 23.0 Å². The van der Waals surface area contributed by atoms with Crippen molar-refractivity contribution in [2.75, 3.05) is 0 Å². The van der Waals surface area contributed by atoms with Gasteiger partial charge < -0.3 is 10.8 Å². The Labute approximate surface area is 111 Å². The van der Waals surface area contributed by atoms with Gasteiger partial charge in [0.15, 0.2) is 0 Å². The minimum atomic E-state index is -1.19. The van der Waals surface area contributed by atoms with Crippen LogP contribution in [0.25, 0.3) is 0 Å². The largest absolute Gasteiger partial charge is 0.480 e. The average Bonchev–Trinajstić information content (AvgIpc) is 3.09. The van der Waals surface area contributed by atoms with Crippen LogP contribution in [-0.2, 0) is 4.79 Å². The van der Waals surface area contributed by atoms with Gasteiger partial charge in [-0.3, -0.25) is 4.79 Å². The summed E-state index contributed by atoms with van der Waals surface area (Å²) in [6.07, 6.45) is 0. The lowest BCUT2D eigenvalue weighted by atomic mass is 10.0. The van der Waals surface area contributed by atoms with Crippen LogP contribution in [0, 0.1) is 0 Å². The summed E-state index contributed by atoms with van der Waals surface area (Å²) in [5.41, 5.74) is 6.93. The Morgan fingerprint density at radius 2 is 1.26 bits per heavy atom. The van der Waals surface area contributed by atoms with Gasteiger partial charge in [0.2, 0.25) is 0 Å². The predicted molar refractivity (Wildman–Crippen MR) is 72.9 cm³/mol. The van der Waals surface area contributed by atoms with E-state index >= 15 is 0 Å². The fourth-order valence-electron chi connectivity index (χ4n) is 2.93. The van der Waals surface area contributed by atoms with Crippen LogP contribution in [0.3, 0.4) is 0 Å². The standard InChI is InChI=1S/C16H15NO2/c17-16(15(18)19)13(11-7-3-1-4-8-11)14(16)12-9-5-2-6-10-12/h1-10,13-14H,17H2,(H,18,19). The van der Waals surface area contributed by atoms with Gasteiger partial charge in [-0.25, -0.2) is 0 Å². The number of benzene rings is 2. The van der Waals surface area contributed by atoms with Crippen molar-refractivity contribution in [1.82, 2.24) is 0 Å². The Bertz CT molecular complexity index is 549. The van der Waals surface area contributed by atoms with Crippen molar-refractivity contribution in [2.45, 2.75) is 17.4 Å². The Balaban J connectivity index is 2.03. The molecule has 1 fully saturated rings. The fourth-order valence-corrected chi connectivity index (χ4v) is 2.93. The highest BCUT2D eigenvalue weighted by Crippen LogP contribution is 2.62. The zero-order chi connectivity index (χ0) is 13.5. The number of rotatable bonds is 3. The van der Waals surface area contributed by atoms with Crippen LogP contribution in [0.15, 0.2) is 60.7 Å². The lowest BCUT2D eigenvalue weighted by Crippen LogP contribution is -2.36. The molecule has 3 rings (SSSR count). The molecular formula is C16H15NO2. The SMILES string of the molecule is NC1(C(=O)O)C(c2ccccc2)C1c1ccccc1. The van der Waals surface area contributed by atoms with Crippen LogP contribution < -0.4 is 5.73 Å². The molecule has 0 bridgehead atoms. The molecule has 2 aromatic carbocycles. The van der Waals surface area contributed by atoms with E-state index in [1.165, 1.54) is 0 Å². The molecule has 3 nitrogen and oxygen atoms in total. The average molecular weight is 253 g/mol. The number of nitrogens with two attached hydrogens (primary N) is 1. The molecule has 96 valence electrons. The third kappa shape index (κ3) is 1.74. The van der Waals surface area contributed by atoms with Crippen LogP contribution in [0.2, 0.25) is 0 Å². The van der Waals surface area contributed by atoms with Crippen molar-refractivity contribution in [3.05, 3.63) is 71.8 Å². The first-order valence-corrected chi connectivity index (χ1v) is 6.28. The van der Waals surface area contributed by atoms with E-state index in [9.17, 15) is 9.90 Å². The molecule has 0 amide bonds. The van der Waals surface area contributed by atoms with Crippen molar-refractivity contribution in [3.8, 4) is 0 Å². The first kappa shape index (κ1) is 11.9. The first-order chi connectivity index (χ1) is 9.15. The number of hydrogen-bond donors (Lipinski definition) is 2. The Hall–Kier alpha value is -2.13. The quantitative estimate of drug-likeness (QED) is 0.882. The summed E-state index contributed by atoms with van der Waals surface area (Å²) in [6, 6.07) is 19.3.